The van der Waals surface area contributed by atoms with Gasteiger partial charge in [0.1, 0.15) is 5.75 Å². The van der Waals surface area contributed by atoms with Gasteiger partial charge in [-0.15, -0.1) is 0 Å². The first-order valence-corrected chi connectivity index (χ1v) is 10.4. The molecule has 0 bridgehead atoms. The summed E-state index contributed by atoms with van der Waals surface area (Å²) in [6, 6.07) is 24.7. The van der Waals surface area contributed by atoms with E-state index in [4.69, 9.17) is 4.74 Å². The van der Waals surface area contributed by atoms with Crippen LogP contribution in [0.3, 0.4) is 0 Å². The molecule has 1 N–H and O–H groups in total. The topological polar surface area (TPSA) is 41.6 Å². The van der Waals surface area contributed by atoms with Gasteiger partial charge in [0, 0.05) is 19.6 Å². The number of carbonyl (C=O) groups excluding carboxylic acids is 1. The van der Waals surface area contributed by atoms with E-state index in [1.54, 1.807) is 0 Å². The van der Waals surface area contributed by atoms with E-state index >= 15 is 0 Å². The number of ether oxygens (including phenoxy) is 1. The van der Waals surface area contributed by atoms with E-state index in [0.717, 1.165) is 50.2 Å². The minimum Gasteiger partial charge on any atom is -0.484 e. The van der Waals surface area contributed by atoms with Crippen LogP contribution in [-0.4, -0.2) is 43.6 Å². The maximum Gasteiger partial charge on any atom is 0.257 e. The zero-order chi connectivity index (χ0) is 19.9. The van der Waals surface area contributed by atoms with Crippen molar-refractivity contribution in [1.82, 2.24) is 10.2 Å². The van der Waals surface area contributed by atoms with Crippen LogP contribution in [0, 0.1) is 5.92 Å². The van der Waals surface area contributed by atoms with Crippen LogP contribution in [0.25, 0.3) is 10.8 Å². The number of fused-ring (bicyclic) bond motifs is 1. The van der Waals surface area contributed by atoms with Crippen LogP contribution in [0.2, 0.25) is 0 Å². The average molecular weight is 389 g/mol. The van der Waals surface area contributed by atoms with Crippen molar-refractivity contribution >= 4 is 16.7 Å². The van der Waals surface area contributed by atoms with Crippen LogP contribution < -0.4 is 10.1 Å². The van der Waals surface area contributed by atoms with Crippen LogP contribution in [0.15, 0.2) is 72.8 Å². The van der Waals surface area contributed by atoms with E-state index in [1.165, 1.54) is 10.9 Å². The summed E-state index contributed by atoms with van der Waals surface area (Å²) in [7, 11) is 0. The van der Waals surface area contributed by atoms with Crippen LogP contribution >= 0.6 is 0 Å². The van der Waals surface area contributed by atoms with Crippen molar-refractivity contribution in [3.05, 3.63) is 78.4 Å². The molecule has 3 aromatic rings. The number of nitrogens with one attached hydrogen (secondary N) is 1. The molecule has 0 aromatic heterocycles. The van der Waals surface area contributed by atoms with E-state index in [0.29, 0.717) is 5.92 Å². The van der Waals surface area contributed by atoms with E-state index < -0.39 is 0 Å². The van der Waals surface area contributed by atoms with Crippen LogP contribution in [0.5, 0.6) is 5.75 Å². The lowest BCUT2D eigenvalue weighted by atomic mass is 10.1. The predicted octanol–water partition coefficient (Wildman–Crippen LogP) is 3.90. The molecule has 1 heterocycles. The molecule has 0 spiro atoms. The normalized spacial score (nSPS) is 16.8. The molecule has 150 valence electrons. The van der Waals surface area contributed by atoms with Gasteiger partial charge in [-0.05, 0) is 53.8 Å². The maximum absolute atomic E-state index is 12.2. The van der Waals surface area contributed by atoms with Gasteiger partial charge in [-0.3, -0.25) is 4.79 Å². The monoisotopic (exact) mass is 388 g/mol. The minimum atomic E-state index is -0.0547. The van der Waals surface area contributed by atoms with Crippen molar-refractivity contribution in [1.29, 1.82) is 0 Å². The fraction of sp³-hybridized carbons (Fsp3) is 0.320. The number of carbonyl (C=O) groups is 1. The summed E-state index contributed by atoms with van der Waals surface area (Å²) >= 11 is 0. The number of benzene rings is 3. The Bertz CT molecular complexity index is 942. The zero-order valence-corrected chi connectivity index (χ0v) is 16.7. The van der Waals surface area contributed by atoms with Crippen molar-refractivity contribution in [2.75, 3.05) is 32.8 Å². The third-order valence-corrected chi connectivity index (χ3v) is 5.61. The highest BCUT2D eigenvalue weighted by atomic mass is 16.5. The Kier molecular flexibility index (Phi) is 6.42. The quantitative estimate of drug-likeness (QED) is 0.636. The van der Waals surface area contributed by atoms with E-state index in [9.17, 15) is 4.79 Å². The third kappa shape index (κ3) is 5.58. The van der Waals surface area contributed by atoms with Crippen molar-refractivity contribution in [2.24, 2.45) is 5.92 Å². The SMILES string of the molecule is O=C(COc1ccc2ccccc2c1)NCC1CCN(CCc2ccccc2)C1. The Labute approximate surface area is 172 Å². The van der Waals surface area contributed by atoms with Gasteiger partial charge in [0.25, 0.3) is 5.91 Å². The summed E-state index contributed by atoms with van der Waals surface area (Å²) in [5.41, 5.74) is 1.38. The Balaban J connectivity index is 1.16. The fourth-order valence-electron chi connectivity index (χ4n) is 3.93. The number of hydrogen-bond donors (Lipinski definition) is 1. The Hall–Kier alpha value is -2.85. The lowest BCUT2D eigenvalue weighted by Crippen LogP contribution is -2.34. The molecule has 1 fully saturated rings. The zero-order valence-electron chi connectivity index (χ0n) is 16.7. The Morgan fingerprint density at radius 1 is 1.00 bits per heavy atom. The van der Waals surface area contributed by atoms with Crippen molar-refractivity contribution in [3.63, 3.8) is 0 Å². The molecule has 4 rings (SSSR count). The van der Waals surface area contributed by atoms with Gasteiger partial charge in [0.15, 0.2) is 6.61 Å². The lowest BCUT2D eigenvalue weighted by molar-refractivity contribution is -0.123. The minimum absolute atomic E-state index is 0.0547. The molecule has 4 nitrogen and oxygen atoms in total. The van der Waals surface area contributed by atoms with Crippen LogP contribution in [0.4, 0.5) is 0 Å². The summed E-state index contributed by atoms with van der Waals surface area (Å²) in [6.45, 7) is 4.03. The number of hydrogen-bond acceptors (Lipinski definition) is 3. The number of likely N-dealkylation sites (tertiary alicyclic amines) is 1. The van der Waals surface area contributed by atoms with Gasteiger partial charge in [-0.2, -0.15) is 0 Å². The highest BCUT2D eigenvalue weighted by Gasteiger charge is 2.22. The smallest absolute Gasteiger partial charge is 0.257 e. The first-order valence-electron chi connectivity index (χ1n) is 10.4. The molecule has 1 aliphatic rings. The predicted molar refractivity (Wildman–Crippen MR) is 117 cm³/mol. The second-order valence-electron chi connectivity index (χ2n) is 7.79. The van der Waals surface area contributed by atoms with E-state index in [1.807, 2.05) is 36.4 Å². The molecule has 3 aromatic carbocycles. The molecule has 1 amide bonds. The van der Waals surface area contributed by atoms with Gasteiger partial charge in [-0.1, -0.05) is 60.7 Å². The second kappa shape index (κ2) is 9.57. The largest absolute Gasteiger partial charge is 0.484 e. The standard InChI is InChI=1S/C25H28N2O2/c28-25(19-29-24-11-10-22-8-4-5-9-23(22)16-24)26-17-21-13-15-27(18-21)14-12-20-6-2-1-3-7-20/h1-11,16,21H,12-15,17-19H2,(H,26,28). The Morgan fingerprint density at radius 2 is 1.79 bits per heavy atom. The number of rotatable bonds is 8. The number of amides is 1. The Morgan fingerprint density at radius 3 is 2.66 bits per heavy atom. The van der Waals surface area contributed by atoms with Gasteiger partial charge in [-0.25, -0.2) is 0 Å². The van der Waals surface area contributed by atoms with Crippen molar-refractivity contribution in [2.45, 2.75) is 12.8 Å². The molecule has 0 saturated carbocycles. The molecule has 1 atom stereocenters. The first kappa shape index (κ1) is 19.5. The first-order chi connectivity index (χ1) is 14.3. The second-order valence-corrected chi connectivity index (χ2v) is 7.79. The summed E-state index contributed by atoms with van der Waals surface area (Å²) in [6.07, 6.45) is 2.22. The highest BCUT2D eigenvalue weighted by molar-refractivity contribution is 5.84. The summed E-state index contributed by atoms with van der Waals surface area (Å²) in [5, 5.41) is 5.32. The van der Waals surface area contributed by atoms with E-state index in [-0.39, 0.29) is 12.5 Å². The average Bonchev–Trinajstić information content (AvgIpc) is 3.23. The van der Waals surface area contributed by atoms with Gasteiger partial charge < -0.3 is 15.0 Å². The van der Waals surface area contributed by atoms with Crippen LogP contribution in [-0.2, 0) is 11.2 Å². The molecule has 29 heavy (non-hydrogen) atoms. The van der Waals surface area contributed by atoms with Gasteiger partial charge >= 0.3 is 0 Å². The number of nitrogens with zero attached hydrogens (tertiary/aromatic N) is 1. The molecule has 0 radical (unpaired) electrons. The van der Waals surface area contributed by atoms with Crippen molar-refractivity contribution in [3.8, 4) is 5.75 Å². The van der Waals surface area contributed by atoms with Gasteiger partial charge in [0.2, 0.25) is 0 Å². The molecule has 0 aliphatic carbocycles. The van der Waals surface area contributed by atoms with Gasteiger partial charge in [0.05, 0.1) is 0 Å². The summed E-state index contributed by atoms with van der Waals surface area (Å²) in [5.74, 6) is 1.20. The summed E-state index contributed by atoms with van der Waals surface area (Å²) < 4.78 is 5.68. The fourth-order valence-corrected chi connectivity index (χ4v) is 3.93. The molecular weight excluding hydrogens is 360 g/mol. The summed E-state index contributed by atoms with van der Waals surface area (Å²) in [4.78, 5) is 14.7. The molecule has 1 saturated heterocycles. The highest BCUT2D eigenvalue weighted by Crippen LogP contribution is 2.20. The van der Waals surface area contributed by atoms with Crippen molar-refractivity contribution < 1.29 is 9.53 Å². The van der Waals surface area contributed by atoms with E-state index in [2.05, 4.69) is 46.6 Å². The van der Waals surface area contributed by atoms with Crippen LogP contribution in [0.1, 0.15) is 12.0 Å². The third-order valence-electron chi connectivity index (χ3n) is 5.61. The molecule has 4 heteroatoms. The molecule has 1 aliphatic heterocycles. The lowest BCUT2D eigenvalue weighted by Gasteiger charge is -2.16. The maximum atomic E-state index is 12.2. The molecular formula is C25H28N2O2. The molecule has 1 unspecified atom stereocenters.